The van der Waals surface area contributed by atoms with Crippen LogP contribution in [0.1, 0.15) is 31.8 Å². The molecule has 9 heteroatoms. The molecule has 1 aliphatic rings. The number of ketones is 1. The van der Waals surface area contributed by atoms with Crippen LogP contribution in [0.5, 0.6) is 28.7 Å². The zero-order valence-corrected chi connectivity index (χ0v) is 20.7. The van der Waals surface area contributed by atoms with E-state index in [0.29, 0.717) is 44.0 Å². The minimum atomic E-state index is -0.661. The number of esters is 1. The van der Waals surface area contributed by atoms with Crippen LogP contribution in [0.15, 0.2) is 48.2 Å². The Morgan fingerprint density at radius 1 is 0.943 bits per heavy atom. The van der Waals surface area contributed by atoms with Gasteiger partial charge < -0.3 is 23.7 Å². The summed E-state index contributed by atoms with van der Waals surface area (Å²) in [5.74, 6) is 0.511. The average molecular weight is 515 g/mol. The lowest BCUT2D eigenvalue weighted by molar-refractivity contribution is 0.0733. The molecule has 35 heavy (non-hydrogen) atoms. The molecule has 0 amide bonds. The Morgan fingerprint density at radius 3 is 2.14 bits per heavy atom. The second-order valence-corrected chi connectivity index (χ2v) is 8.31. The fourth-order valence-electron chi connectivity index (χ4n) is 3.68. The van der Waals surface area contributed by atoms with Gasteiger partial charge in [0.15, 0.2) is 17.3 Å². The first-order valence-electron chi connectivity index (χ1n) is 10.3. The van der Waals surface area contributed by atoms with Gasteiger partial charge in [0, 0.05) is 21.7 Å². The Kier molecular flexibility index (Phi) is 6.91. The van der Waals surface area contributed by atoms with Crippen LogP contribution in [0.3, 0.4) is 0 Å². The fourth-order valence-corrected chi connectivity index (χ4v) is 4.19. The van der Waals surface area contributed by atoms with Crippen molar-refractivity contribution in [1.29, 1.82) is 0 Å². The maximum Gasteiger partial charge on any atom is 0.343 e. The van der Waals surface area contributed by atoms with E-state index < -0.39 is 5.97 Å². The van der Waals surface area contributed by atoms with E-state index in [-0.39, 0.29) is 28.6 Å². The van der Waals surface area contributed by atoms with Crippen LogP contribution in [0, 0.1) is 6.92 Å². The first kappa shape index (κ1) is 24.4. The predicted octanol–water partition coefficient (Wildman–Crippen LogP) is 6.16. The fraction of sp³-hybridized carbons (Fsp3) is 0.154. The van der Waals surface area contributed by atoms with Crippen molar-refractivity contribution in [3.63, 3.8) is 0 Å². The Morgan fingerprint density at radius 2 is 1.57 bits per heavy atom. The SMILES string of the molecule is COc1cc(C(=O)Oc2cc(C)c3c(c2)O/C(=C\c2c(Cl)cccc2Cl)C3=O)cc(OC)c1OC. The van der Waals surface area contributed by atoms with Gasteiger partial charge >= 0.3 is 5.97 Å². The normalized spacial score (nSPS) is 13.3. The van der Waals surface area contributed by atoms with E-state index >= 15 is 0 Å². The zero-order chi connectivity index (χ0) is 25.3. The van der Waals surface area contributed by atoms with E-state index in [4.69, 9.17) is 46.9 Å². The Balaban J connectivity index is 1.64. The van der Waals surface area contributed by atoms with E-state index in [9.17, 15) is 9.59 Å². The van der Waals surface area contributed by atoms with Gasteiger partial charge in [0.25, 0.3) is 0 Å². The first-order valence-corrected chi connectivity index (χ1v) is 11.1. The van der Waals surface area contributed by atoms with Crippen LogP contribution in [0.4, 0.5) is 0 Å². The number of ether oxygens (including phenoxy) is 5. The molecule has 0 bridgehead atoms. The summed E-state index contributed by atoms with van der Waals surface area (Å²) in [4.78, 5) is 25.9. The molecule has 0 aliphatic carbocycles. The highest BCUT2D eigenvalue weighted by atomic mass is 35.5. The van der Waals surface area contributed by atoms with Crippen LogP contribution in [0.25, 0.3) is 6.08 Å². The molecule has 0 saturated carbocycles. The molecule has 0 N–H and O–H groups in total. The maximum atomic E-state index is 13.0. The minimum Gasteiger partial charge on any atom is -0.493 e. The molecule has 0 saturated heterocycles. The molecule has 0 spiro atoms. The number of halogens is 2. The number of hydrogen-bond donors (Lipinski definition) is 0. The molecule has 0 fully saturated rings. The second kappa shape index (κ2) is 9.90. The minimum absolute atomic E-state index is 0.0613. The highest BCUT2D eigenvalue weighted by Crippen LogP contribution is 2.40. The van der Waals surface area contributed by atoms with E-state index in [2.05, 4.69) is 0 Å². The van der Waals surface area contributed by atoms with E-state index in [0.717, 1.165) is 0 Å². The van der Waals surface area contributed by atoms with Gasteiger partial charge in [-0.15, -0.1) is 0 Å². The van der Waals surface area contributed by atoms with Crippen molar-refractivity contribution >= 4 is 41.0 Å². The number of carbonyl (C=O) groups excluding carboxylic acids is 2. The number of aryl methyl sites for hydroxylation is 1. The molecule has 4 rings (SSSR count). The van der Waals surface area contributed by atoms with Gasteiger partial charge in [-0.2, -0.15) is 0 Å². The third-order valence-electron chi connectivity index (χ3n) is 5.33. The van der Waals surface area contributed by atoms with Gasteiger partial charge in [-0.3, -0.25) is 4.79 Å². The smallest absolute Gasteiger partial charge is 0.343 e. The van der Waals surface area contributed by atoms with Gasteiger partial charge in [-0.05, 0) is 48.9 Å². The quantitative estimate of drug-likeness (QED) is 0.221. The van der Waals surface area contributed by atoms with Crippen LogP contribution >= 0.6 is 23.2 Å². The highest BCUT2D eigenvalue weighted by Gasteiger charge is 2.31. The summed E-state index contributed by atoms with van der Waals surface area (Å²) in [6.45, 7) is 1.72. The van der Waals surface area contributed by atoms with Crippen molar-refractivity contribution in [3.8, 4) is 28.7 Å². The standard InChI is InChI=1S/C26H20Cl2O7/c1-13-8-15(34-26(30)14-9-21(31-2)25(33-4)22(10-14)32-3)11-19-23(13)24(29)20(35-19)12-16-17(27)6-5-7-18(16)28/h5-12H,1-4H3/b20-12-. The van der Waals surface area contributed by atoms with Crippen LogP contribution in [0.2, 0.25) is 10.0 Å². The summed E-state index contributed by atoms with van der Waals surface area (Å²) in [6.07, 6.45) is 1.49. The summed E-state index contributed by atoms with van der Waals surface area (Å²) in [6, 6.07) is 11.1. The number of fused-ring (bicyclic) bond motifs is 1. The third-order valence-corrected chi connectivity index (χ3v) is 5.99. The topological polar surface area (TPSA) is 80.3 Å². The number of allylic oxidation sites excluding steroid dienone is 1. The van der Waals surface area contributed by atoms with Crippen molar-refractivity contribution in [2.75, 3.05) is 21.3 Å². The molecular weight excluding hydrogens is 495 g/mol. The third kappa shape index (κ3) is 4.65. The molecule has 3 aromatic rings. The Bertz CT molecular complexity index is 1330. The predicted molar refractivity (Wildman–Crippen MR) is 132 cm³/mol. The number of hydrogen-bond acceptors (Lipinski definition) is 7. The van der Waals surface area contributed by atoms with Crippen molar-refractivity contribution < 1.29 is 33.3 Å². The Hall–Kier alpha value is -3.68. The number of benzene rings is 3. The average Bonchev–Trinajstić information content (AvgIpc) is 3.15. The molecular formula is C26H20Cl2O7. The summed E-state index contributed by atoms with van der Waals surface area (Å²) >= 11 is 12.4. The van der Waals surface area contributed by atoms with Gasteiger partial charge in [-0.25, -0.2) is 4.79 Å². The molecule has 0 atom stereocenters. The molecule has 180 valence electrons. The van der Waals surface area contributed by atoms with Gasteiger partial charge in [0.1, 0.15) is 11.5 Å². The van der Waals surface area contributed by atoms with E-state index in [1.807, 2.05) is 0 Å². The summed E-state index contributed by atoms with van der Waals surface area (Å²) in [7, 11) is 4.37. The number of Topliss-reactive ketones (excluding diaryl/α,β-unsaturated/α-hetero) is 1. The summed E-state index contributed by atoms with van der Waals surface area (Å²) in [5.41, 5.74) is 1.60. The van der Waals surface area contributed by atoms with Crippen molar-refractivity contribution in [2.24, 2.45) is 0 Å². The summed E-state index contributed by atoms with van der Waals surface area (Å²) < 4.78 is 27.2. The van der Waals surface area contributed by atoms with Gasteiger partial charge in [0.2, 0.25) is 11.5 Å². The number of methoxy groups -OCH3 is 3. The van der Waals surface area contributed by atoms with Gasteiger partial charge in [0.05, 0.1) is 32.5 Å². The van der Waals surface area contributed by atoms with Crippen LogP contribution in [-0.4, -0.2) is 33.1 Å². The highest BCUT2D eigenvalue weighted by molar-refractivity contribution is 6.37. The number of rotatable bonds is 6. The molecule has 1 heterocycles. The van der Waals surface area contributed by atoms with Crippen LogP contribution < -0.4 is 23.7 Å². The van der Waals surface area contributed by atoms with Crippen LogP contribution in [-0.2, 0) is 0 Å². The molecule has 7 nitrogen and oxygen atoms in total. The van der Waals surface area contributed by atoms with Crippen molar-refractivity contribution in [1.82, 2.24) is 0 Å². The van der Waals surface area contributed by atoms with Crippen molar-refractivity contribution in [3.05, 3.63) is 80.5 Å². The monoisotopic (exact) mass is 514 g/mol. The van der Waals surface area contributed by atoms with E-state index in [1.54, 1.807) is 31.2 Å². The first-order chi connectivity index (χ1) is 16.8. The molecule has 1 aliphatic heterocycles. The Labute approximate surface area is 211 Å². The van der Waals surface area contributed by atoms with E-state index in [1.165, 1.54) is 45.6 Å². The molecule has 0 aromatic heterocycles. The largest absolute Gasteiger partial charge is 0.493 e. The van der Waals surface area contributed by atoms with Gasteiger partial charge in [-0.1, -0.05) is 29.3 Å². The number of carbonyl (C=O) groups is 2. The lowest BCUT2D eigenvalue weighted by Gasteiger charge is -2.14. The lowest BCUT2D eigenvalue weighted by atomic mass is 10.0. The van der Waals surface area contributed by atoms with Crippen molar-refractivity contribution in [2.45, 2.75) is 6.92 Å². The summed E-state index contributed by atoms with van der Waals surface area (Å²) in [5, 5.41) is 0.767. The molecule has 0 radical (unpaired) electrons. The molecule has 3 aromatic carbocycles. The lowest BCUT2D eigenvalue weighted by Crippen LogP contribution is -2.10. The maximum absolute atomic E-state index is 13.0. The zero-order valence-electron chi connectivity index (χ0n) is 19.2. The molecule has 0 unspecified atom stereocenters. The second-order valence-electron chi connectivity index (χ2n) is 7.49.